The van der Waals surface area contributed by atoms with E-state index in [4.69, 9.17) is 4.74 Å². The number of hydrogen-bond donors (Lipinski definition) is 1. The number of thiophene rings is 1. The van der Waals surface area contributed by atoms with Gasteiger partial charge in [-0.2, -0.15) is 0 Å². The van der Waals surface area contributed by atoms with Crippen molar-refractivity contribution in [2.45, 2.75) is 6.54 Å². The zero-order chi connectivity index (χ0) is 13.0. The van der Waals surface area contributed by atoms with E-state index in [0.29, 0.717) is 11.4 Å². The van der Waals surface area contributed by atoms with E-state index >= 15 is 0 Å². The number of methoxy groups -OCH3 is 1. The topological polar surface area (TPSA) is 38.3 Å². The highest BCUT2D eigenvalue weighted by Crippen LogP contribution is 2.22. The quantitative estimate of drug-likeness (QED) is 0.935. The molecule has 0 aliphatic heterocycles. The molecule has 0 aliphatic rings. The van der Waals surface area contributed by atoms with Gasteiger partial charge in [-0.1, -0.05) is 12.1 Å². The lowest BCUT2D eigenvalue weighted by Gasteiger charge is -2.05. The standard InChI is InChI=1S/C13H12BrNO2S/c1-17-10-4-2-3-9(7-10)8-15-13(16)11-5-6-12(14)18-11/h2-7H,8H2,1H3,(H,15,16). The fourth-order valence-corrected chi connectivity index (χ4v) is 2.79. The molecule has 18 heavy (non-hydrogen) atoms. The highest BCUT2D eigenvalue weighted by Gasteiger charge is 2.07. The minimum Gasteiger partial charge on any atom is -0.497 e. The summed E-state index contributed by atoms with van der Waals surface area (Å²) in [4.78, 5) is 12.5. The maximum absolute atomic E-state index is 11.8. The number of amides is 1. The van der Waals surface area contributed by atoms with Crippen LogP contribution >= 0.6 is 27.3 Å². The zero-order valence-electron chi connectivity index (χ0n) is 9.77. The molecule has 5 heteroatoms. The molecule has 1 N–H and O–H groups in total. The molecule has 1 amide bonds. The van der Waals surface area contributed by atoms with Crippen LogP contribution in [0.5, 0.6) is 5.75 Å². The predicted octanol–water partition coefficient (Wildman–Crippen LogP) is 3.45. The molecule has 2 rings (SSSR count). The first-order chi connectivity index (χ1) is 8.69. The van der Waals surface area contributed by atoms with Crippen molar-refractivity contribution in [2.24, 2.45) is 0 Å². The molecule has 1 aromatic carbocycles. The van der Waals surface area contributed by atoms with Crippen LogP contribution in [0.1, 0.15) is 15.2 Å². The smallest absolute Gasteiger partial charge is 0.261 e. The molecule has 94 valence electrons. The van der Waals surface area contributed by atoms with Crippen molar-refractivity contribution in [1.82, 2.24) is 5.32 Å². The summed E-state index contributed by atoms with van der Waals surface area (Å²) >= 11 is 4.76. The summed E-state index contributed by atoms with van der Waals surface area (Å²) in [5.41, 5.74) is 1.01. The van der Waals surface area contributed by atoms with Crippen LogP contribution in [0.25, 0.3) is 0 Å². The van der Waals surface area contributed by atoms with Crippen LogP contribution in [-0.4, -0.2) is 13.0 Å². The van der Waals surface area contributed by atoms with Gasteiger partial charge in [-0.05, 0) is 45.8 Å². The molecule has 0 radical (unpaired) electrons. The predicted molar refractivity (Wildman–Crippen MR) is 76.2 cm³/mol. The lowest BCUT2D eigenvalue weighted by atomic mass is 10.2. The van der Waals surface area contributed by atoms with E-state index in [9.17, 15) is 4.79 Å². The summed E-state index contributed by atoms with van der Waals surface area (Å²) in [5.74, 6) is 0.731. The Morgan fingerprint density at radius 3 is 2.89 bits per heavy atom. The average Bonchev–Trinajstić information content (AvgIpc) is 2.83. The van der Waals surface area contributed by atoms with E-state index in [-0.39, 0.29) is 5.91 Å². The number of ether oxygens (including phenoxy) is 1. The van der Waals surface area contributed by atoms with E-state index < -0.39 is 0 Å². The van der Waals surface area contributed by atoms with Crippen LogP contribution in [0.15, 0.2) is 40.2 Å². The largest absolute Gasteiger partial charge is 0.497 e. The Morgan fingerprint density at radius 2 is 2.22 bits per heavy atom. The molecule has 0 aliphatic carbocycles. The Balaban J connectivity index is 1.97. The van der Waals surface area contributed by atoms with Crippen LogP contribution in [0, 0.1) is 0 Å². The summed E-state index contributed by atoms with van der Waals surface area (Å²) in [5, 5.41) is 2.87. The monoisotopic (exact) mass is 325 g/mol. The fraction of sp³-hybridized carbons (Fsp3) is 0.154. The van der Waals surface area contributed by atoms with Crippen LogP contribution in [0.4, 0.5) is 0 Å². The second-order valence-corrected chi connectivity index (χ2v) is 6.10. The van der Waals surface area contributed by atoms with Gasteiger partial charge in [-0.25, -0.2) is 0 Å². The molecular formula is C13H12BrNO2S. The fourth-order valence-electron chi connectivity index (χ4n) is 1.49. The Bertz CT molecular complexity index is 553. The minimum atomic E-state index is -0.0616. The maximum Gasteiger partial charge on any atom is 0.261 e. The number of benzene rings is 1. The van der Waals surface area contributed by atoms with Gasteiger partial charge in [0.2, 0.25) is 0 Å². The Kier molecular flexibility index (Phi) is 4.38. The van der Waals surface area contributed by atoms with Gasteiger partial charge in [-0.15, -0.1) is 11.3 Å². The first-order valence-corrected chi connectivity index (χ1v) is 6.96. The molecule has 1 heterocycles. The molecule has 1 aromatic heterocycles. The van der Waals surface area contributed by atoms with Crippen molar-refractivity contribution >= 4 is 33.2 Å². The molecule has 0 unspecified atom stereocenters. The average molecular weight is 326 g/mol. The third-order valence-electron chi connectivity index (χ3n) is 2.38. The lowest BCUT2D eigenvalue weighted by Crippen LogP contribution is -2.21. The van der Waals surface area contributed by atoms with E-state index in [2.05, 4.69) is 21.2 Å². The molecular weight excluding hydrogens is 314 g/mol. The molecule has 0 saturated heterocycles. The van der Waals surface area contributed by atoms with Crippen LogP contribution < -0.4 is 10.1 Å². The zero-order valence-corrected chi connectivity index (χ0v) is 12.2. The summed E-state index contributed by atoms with van der Waals surface area (Å²) in [6, 6.07) is 11.3. The van der Waals surface area contributed by atoms with Crippen molar-refractivity contribution in [3.63, 3.8) is 0 Å². The summed E-state index contributed by atoms with van der Waals surface area (Å²) in [7, 11) is 1.63. The second-order valence-electron chi connectivity index (χ2n) is 3.64. The van der Waals surface area contributed by atoms with Gasteiger partial charge in [0.15, 0.2) is 0 Å². The number of carbonyl (C=O) groups is 1. The van der Waals surface area contributed by atoms with E-state index in [0.717, 1.165) is 15.1 Å². The Labute approximate surface area is 118 Å². The second kappa shape index (κ2) is 6.02. The number of nitrogens with one attached hydrogen (secondary N) is 1. The lowest BCUT2D eigenvalue weighted by molar-refractivity contribution is 0.0955. The van der Waals surface area contributed by atoms with Gasteiger partial charge in [0.05, 0.1) is 15.8 Å². The summed E-state index contributed by atoms with van der Waals surface area (Å²) < 4.78 is 6.09. The van der Waals surface area contributed by atoms with E-state index in [1.54, 1.807) is 13.2 Å². The van der Waals surface area contributed by atoms with Crippen molar-refractivity contribution in [2.75, 3.05) is 7.11 Å². The van der Waals surface area contributed by atoms with Crippen molar-refractivity contribution < 1.29 is 9.53 Å². The van der Waals surface area contributed by atoms with E-state index in [1.165, 1.54) is 11.3 Å². The number of hydrogen-bond acceptors (Lipinski definition) is 3. The molecule has 0 bridgehead atoms. The Morgan fingerprint density at radius 1 is 1.39 bits per heavy atom. The molecule has 0 atom stereocenters. The number of rotatable bonds is 4. The van der Waals surface area contributed by atoms with Gasteiger partial charge in [0.1, 0.15) is 5.75 Å². The van der Waals surface area contributed by atoms with Crippen LogP contribution in [-0.2, 0) is 6.54 Å². The third kappa shape index (κ3) is 3.34. The van der Waals surface area contributed by atoms with Gasteiger partial charge in [0, 0.05) is 6.54 Å². The number of carbonyl (C=O) groups excluding carboxylic acids is 1. The Hall–Kier alpha value is -1.33. The highest BCUT2D eigenvalue weighted by atomic mass is 79.9. The maximum atomic E-state index is 11.8. The molecule has 2 aromatic rings. The van der Waals surface area contributed by atoms with Gasteiger partial charge in [-0.3, -0.25) is 4.79 Å². The summed E-state index contributed by atoms with van der Waals surface area (Å²) in [6.07, 6.45) is 0. The van der Waals surface area contributed by atoms with Crippen molar-refractivity contribution in [3.8, 4) is 5.75 Å². The third-order valence-corrected chi connectivity index (χ3v) is 4.01. The van der Waals surface area contributed by atoms with Crippen LogP contribution in [0.3, 0.4) is 0 Å². The first kappa shape index (κ1) is 13.1. The normalized spacial score (nSPS) is 10.1. The highest BCUT2D eigenvalue weighted by molar-refractivity contribution is 9.11. The SMILES string of the molecule is COc1cccc(CNC(=O)c2ccc(Br)s2)c1. The minimum absolute atomic E-state index is 0.0616. The van der Waals surface area contributed by atoms with Gasteiger partial charge in [0.25, 0.3) is 5.91 Å². The van der Waals surface area contributed by atoms with Gasteiger partial charge < -0.3 is 10.1 Å². The summed E-state index contributed by atoms with van der Waals surface area (Å²) in [6.45, 7) is 0.492. The van der Waals surface area contributed by atoms with Crippen LogP contribution in [0.2, 0.25) is 0 Å². The number of halogens is 1. The van der Waals surface area contributed by atoms with Crippen molar-refractivity contribution in [1.29, 1.82) is 0 Å². The van der Waals surface area contributed by atoms with Gasteiger partial charge >= 0.3 is 0 Å². The van der Waals surface area contributed by atoms with E-state index in [1.807, 2.05) is 30.3 Å². The molecule has 3 nitrogen and oxygen atoms in total. The molecule has 0 fully saturated rings. The van der Waals surface area contributed by atoms with Crippen molar-refractivity contribution in [3.05, 3.63) is 50.6 Å². The molecule has 0 spiro atoms. The molecule has 0 saturated carbocycles. The first-order valence-electron chi connectivity index (χ1n) is 5.35.